The second-order valence-corrected chi connectivity index (χ2v) is 4.50. The molecule has 0 saturated heterocycles. The molecule has 1 aromatic carbocycles. The van der Waals surface area contributed by atoms with E-state index >= 15 is 0 Å². The molecule has 0 unspecified atom stereocenters. The van der Waals surface area contributed by atoms with Gasteiger partial charge in [-0.25, -0.2) is 0 Å². The van der Waals surface area contributed by atoms with E-state index in [1.165, 1.54) is 18.2 Å². The smallest absolute Gasteiger partial charge is 0.405 e. The van der Waals surface area contributed by atoms with Gasteiger partial charge in [0.1, 0.15) is 5.75 Å². The zero-order valence-corrected chi connectivity index (χ0v) is 10.5. The first-order chi connectivity index (χ1) is 8.62. The summed E-state index contributed by atoms with van der Waals surface area (Å²) in [7, 11) is 0. The van der Waals surface area contributed by atoms with Crippen LogP contribution in [0.15, 0.2) is 24.3 Å². The Kier molecular flexibility index (Phi) is 4.41. The van der Waals surface area contributed by atoms with Crippen molar-refractivity contribution in [1.29, 1.82) is 0 Å². The Hall–Kier alpha value is -1.76. The summed E-state index contributed by atoms with van der Waals surface area (Å²) in [5.41, 5.74) is 4.43. The molecule has 0 bridgehead atoms. The normalized spacial score (nSPS) is 12.3. The van der Waals surface area contributed by atoms with Gasteiger partial charge >= 0.3 is 6.36 Å². The monoisotopic (exact) mass is 276 g/mol. The summed E-state index contributed by atoms with van der Waals surface area (Å²) in [4.78, 5) is 11.1. The third-order valence-corrected chi connectivity index (χ3v) is 2.54. The predicted octanol–water partition coefficient (Wildman–Crippen LogP) is 1.94. The van der Waals surface area contributed by atoms with E-state index in [1.54, 1.807) is 19.9 Å². The van der Waals surface area contributed by atoms with Crippen molar-refractivity contribution in [2.75, 3.05) is 0 Å². The Bertz CT molecular complexity index is 459. The van der Waals surface area contributed by atoms with Gasteiger partial charge in [0.15, 0.2) is 0 Å². The number of nitrogens with one attached hydrogen (secondary N) is 1. The molecule has 1 aromatic rings. The summed E-state index contributed by atoms with van der Waals surface area (Å²) < 4.78 is 40.5. The van der Waals surface area contributed by atoms with E-state index in [2.05, 4.69) is 10.1 Å². The number of amides is 1. The maximum atomic E-state index is 12.2. The highest BCUT2D eigenvalue weighted by atomic mass is 19.4. The molecule has 7 heteroatoms. The first-order valence-corrected chi connectivity index (χ1v) is 5.50. The number of halogens is 3. The lowest BCUT2D eigenvalue weighted by Crippen LogP contribution is -2.50. The fourth-order valence-corrected chi connectivity index (χ4v) is 1.28. The van der Waals surface area contributed by atoms with E-state index in [1.807, 2.05) is 0 Å². The predicted molar refractivity (Wildman–Crippen MR) is 63.2 cm³/mol. The van der Waals surface area contributed by atoms with Crippen molar-refractivity contribution < 1.29 is 22.7 Å². The lowest BCUT2D eigenvalue weighted by molar-refractivity contribution is -0.274. The van der Waals surface area contributed by atoms with Crippen molar-refractivity contribution in [2.24, 2.45) is 5.73 Å². The first-order valence-electron chi connectivity index (χ1n) is 5.50. The number of hydrogen-bond acceptors (Lipinski definition) is 3. The van der Waals surface area contributed by atoms with Crippen LogP contribution in [-0.4, -0.2) is 17.8 Å². The lowest BCUT2D eigenvalue weighted by atomic mass is 10.0. The molecule has 1 rings (SSSR count). The molecule has 0 heterocycles. The molecule has 0 spiro atoms. The number of nitrogens with two attached hydrogens (primary N) is 1. The summed E-state index contributed by atoms with van der Waals surface area (Å²) in [6, 6.07) is 5.70. The van der Waals surface area contributed by atoms with E-state index < -0.39 is 17.8 Å². The zero-order chi connectivity index (χ0) is 14.7. The second kappa shape index (κ2) is 5.48. The maximum absolute atomic E-state index is 12.2. The summed E-state index contributed by atoms with van der Waals surface area (Å²) >= 11 is 0. The van der Waals surface area contributed by atoms with Crippen LogP contribution in [-0.2, 0) is 11.3 Å². The standard InChI is InChI=1S/C12H15F3N2O2/c1-11(2,10(16)18)17-7-8-5-3-4-6-9(8)19-12(13,14)15/h3-6,17H,7H2,1-2H3,(H2,16,18). The van der Waals surface area contributed by atoms with Crippen LogP contribution >= 0.6 is 0 Å². The molecular formula is C12H15F3N2O2. The second-order valence-electron chi connectivity index (χ2n) is 4.50. The highest BCUT2D eigenvalue weighted by Gasteiger charge is 2.32. The molecular weight excluding hydrogens is 261 g/mol. The van der Waals surface area contributed by atoms with Gasteiger partial charge in [0.2, 0.25) is 5.91 Å². The van der Waals surface area contributed by atoms with Gasteiger partial charge in [-0.1, -0.05) is 18.2 Å². The first kappa shape index (κ1) is 15.3. The molecule has 1 amide bonds. The van der Waals surface area contributed by atoms with Crippen LogP contribution in [0.4, 0.5) is 13.2 Å². The highest BCUT2D eigenvalue weighted by molar-refractivity contribution is 5.83. The minimum absolute atomic E-state index is 0.0300. The van der Waals surface area contributed by atoms with Crippen LogP contribution < -0.4 is 15.8 Å². The lowest BCUT2D eigenvalue weighted by Gasteiger charge is -2.23. The van der Waals surface area contributed by atoms with Crippen molar-refractivity contribution in [3.8, 4) is 5.75 Å². The molecule has 4 nitrogen and oxygen atoms in total. The molecule has 106 valence electrons. The summed E-state index contributed by atoms with van der Waals surface area (Å²) in [6.45, 7) is 3.12. The SMILES string of the molecule is CC(C)(NCc1ccccc1OC(F)(F)F)C(N)=O. The maximum Gasteiger partial charge on any atom is 0.573 e. The van der Waals surface area contributed by atoms with Gasteiger partial charge in [-0.15, -0.1) is 13.2 Å². The Morgan fingerprint density at radius 2 is 1.89 bits per heavy atom. The number of alkyl halides is 3. The molecule has 0 aliphatic carbocycles. The molecule has 0 radical (unpaired) electrons. The molecule has 19 heavy (non-hydrogen) atoms. The largest absolute Gasteiger partial charge is 0.573 e. The van der Waals surface area contributed by atoms with Crippen molar-refractivity contribution in [3.05, 3.63) is 29.8 Å². The summed E-state index contributed by atoms with van der Waals surface area (Å²) in [6.07, 6.45) is -4.75. The number of carbonyl (C=O) groups is 1. The third kappa shape index (κ3) is 4.78. The minimum Gasteiger partial charge on any atom is -0.405 e. The third-order valence-electron chi connectivity index (χ3n) is 2.54. The average molecular weight is 276 g/mol. The number of para-hydroxylation sites is 1. The van der Waals surface area contributed by atoms with Crippen LogP contribution in [0.2, 0.25) is 0 Å². The van der Waals surface area contributed by atoms with E-state index in [-0.39, 0.29) is 17.9 Å². The zero-order valence-electron chi connectivity index (χ0n) is 10.5. The van der Waals surface area contributed by atoms with Crippen LogP contribution in [0.5, 0.6) is 5.75 Å². The van der Waals surface area contributed by atoms with E-state index in [4.69, 9.17) is 5.73 Å². The Morgan fingerprint density at radius 1 is 1.32 bits per heavy atom. The number of benzene rings is 1. The van der Waals surface area contributed by atoms with Gasteiger partial charge in [-0.2, -0.15) is 0 Å². The number of primary amides is 1. The molecule has 3 N–H and O–H groups in total. The minimum atomic E-state index is -4.75. The molecule has 0 fully saturated rings. The number of hydrogen-bond donors (Lipinski definition) is 2. The van der Waals surface area contributed by atoms with Gasteiger partial charge in [-0.05, 0) is 19.9 Å². The summed E-state index contributed by atoms with van der Waals surface area (Å²) in [5.74, 6) is -0.899. The van der Waals surface area contributed by atoms with Gasteiger partial charge in [0, 0.05) is 12.1 Å². The number of rotatable bonds is 5. The number of ether oxygens (including phenoxy) is 1. The van der Waals surface area contributed by atoms with Crippen molar-refractivity contribution in [3.63, 3.8) is 0 Å². The van der Waals surface area contributed by atoms with Crippen molar-refractivity contribution >= 4 is 5.91 Å². The van der Waals surface area contributed by atoms with Crippen LogP contribution in [0.25, 0.3) is 0 Å². The molecule has 0 atom stereocenters. The van der Waals surface area contributed by atoms with Crippen LogP contribution in [0.3, 0.4) is 0 Å². The van der Waals surface area contributed by atoms with Crippen molar-refractivity contribution in [1.82, 2.24) is 5.32 Å². The Morgan fingerprint density at radius 3 is 2.42 bits per heavy atom. The Balaban J connectivity index is 2.82. The fraction of sp³-hybridized carbons (Fsp3) is 0.417. The molecule has 0 aliphatic rings. The average Bonchev–Trinajstić information content (AvgIpc) is 2.25. The molecule has 0 saturated carbocycles. The van der Waals surface area contributed by atoms with Crippen LogP contribution in [0, 0.1) is 0 Å². The van der Waals surface area contributed by atoms with Gasteiger partial charge in [-0.3, -0.25) is 10.1 Å². The summed E-state index contributed by atoms with van der Waals surface area (Å²) in [5, 5.41) is 2.78. The number of carbonyl (C=O) groups excluding carboxylic acids is 1. The topological polar surface area (TPSA) is 64.3 Å². The van der Waals surface area contributed by atoms with E-state index in [0.717, 1.165) is 0 Å². The van der Waals surface area contributed by atoms with E-state index in [0.29, 0.717) is 0 Å². The fourth-order valence-electron chi connectivity index (χ4n) is 1.28. The quantitative estimate of drug-likeness (QED) is 0.863. The van der Waals surface area contributed by atoms with E-state index in [9.17, 15) is 18.0 Å². The molecule has 0 aromatic heterocycles. The highest BCUT2D eigenvalue weighted by Crippen LogP contribution is 2.26. The van der Waals surface area contributed by atoms with Gasteiger partial charge < -0.3 is 10.5 Å². The van der Waals surface area contributed by atoms with Gasteiger partial charge in [0.05, 0.1) is 5.54 Å². The molecule has 0 aliphatic heterocycles. The van der Waals surface area contributed by atoms with Crippen molar-refractivity contribution in [2.45, 2.75) is 32.3 Å². The van der Waals surface area contributed by atoms with Gasteiger partial charge in [0.25, 0.3) is 0 Å². The van der Waals surface area contributed by atoms with Crippen LogP contribution in [0.1, 0.15) is 19.4 Å². The Labute approximate surface area is 108 Å².